The molecule has 1 unspecified atom stereocenters. The van der Waals surface area contributed by atoms with Crippen LogP contribution in [-0.4, -0.2) is 33.8 Å². The number of aromatic nitrogens is 2. The van der Waals surface area contributed by atoms with E-state index in [4.69, 9.17) is 14.5 Å². The van der Waals surface area contributed by atoms with Gasteiger partial charge in [0.05, 0.1) is 18.1 Å². The maximum atomic E-state index is 12.3. The number of phenols is 1. The molecule has 1 atom stereocenters. The molecule has 4 aromatic rings. The normalized spacial score (nSPS) is 12.0. The molecular weight excluding hydrogens is 416 g/mol. The van der Waals surface area contributed by atoms with Gasteiger partial charge in [-0.15, -0.1) is 0 Å². The lowest BCUT2D eigenvalue weighted by atomic mass is 10.1. The van der Waals surface area contributed by atoms with Crippen molar-refractivity contribution < 1.29 is 19.4 Å². The third-order valence-electron chi connectivity index (χ3n) is 5.61. The summed E-state index contributed by atoms with van der Waals surface area (Å²) in [5.41, 5.74) is 4.44. The van der Waals surface area contributed by atoms with Crippen LogP contribution < -0.4 is 4.74 Å². The van der Waals surface area contributed by atoms with Crippen LogP contribution in [0.2, 0.25) is 0 Å². The van der Waals surface area contributed by atoms with Gasteiger partial charge in [0, 0.05) is 23.4 Å². The van der Waals surface area contributed by atoms with E-state index in [0.29, 0.717) is 11.9 Å². The monoisotopic (exact) mass is 444 g/mol. The van der Waals surface area contributed by atoms with Gasteiger partial charge in [0.25, 0.3) is 0 Å². The van der Waals surface area contributed by atoms with Gasteiger partial charge in [-0.1, -0.05) is 61.4 Å². The number of methoxy groups -OCH3 is 1. The summed E-state index contributed by atoms with van der Waals surface area (Å²) in [4.78, 5) is 17.1. The first kappa shape index (κ1) is 22.4. The van der Waals surface area contributed by atoms with Crippen LogP contribution in [-0.2, 0) is 9.53 Å². The Morgan fingerprint density at radius 3 is 2.48 bits per heavy atom. The number of aryl methyl sites for hydroxylation is 1. The number of hydrogen-bond acceptors (Lipinski definition) is 5. The Labute approximate surface area is 193 Å². The summed E-state index contributed by atoms with van der Waals surface area (Å²) < 4.78 is 12.9. The summed E-state index contributed by atoms with van der Waals surface area (Å²) in [7, 11) is 1.34. The summed E-state index contributed by atoms with van der Waals surface area (Å²) in [5.74, 6) is 0.449. The third-order valence-corrected chi connectivity index (χ3v) is 5.61. The second-order valence-corrected chi connectivity index (χ2v) is 8.05. The van der Waals surface area contributed by atoms with Crippen LogP contribution in [0.1, 0.15) is 31.7 Å². The molecule has 1 N–H and O–H groups in total. The van der Waals surface area contributed by atoms with Gasteiger partial charge in [-0.25, -0.2) is 9.78 Å². The molecule has 1 aromatic heterocycles. The zero-order chi connectivity index (χ0) is 23.4. The quantitative estimate of drug-likeness (QED) is 0.347. The van der Waals surface area contributed by atoms with E-state index >= 15 is 0 Å². The van der Waals surface area contributed by atoms with Gasteiger partial charge in [-0.2, -0.15) is 0 Å². The maximum Gasteiger partial charge on any atom is 0.347 e. The van der Waals surface area contributed by atoms with Gasteiger partial charge in [0.1, 0.15) is 5.82 Å². The molecule has 33 heavy (non-hydrogen) atoms. The minimum absolute atomic E-state index is 0.0685. The van der Waals surface area contributed by atoms with E-state index in [9.17, 15) is 9.90 Å². The third kappa shape index (κ3) is 4.70. The SMILES string of the molecule is CCCCC(Oc1cc2c(cc1O)nc(-c1ccccc1)n2-c1ccc(C)cc1)C(=O)OC. The highest BCUT2D eigenvalue weighted by molar-refractivity contribution is 5.86. The largest absolute Gasteiger partial charge is 0.504 e. The van der Waals surface area contributed by atoms with Crippen molar-refractivity contribution in [2.75, 3.05) is 7.11 Å². The lowest BCUT2D eigenvalue weighted by molar-refractivity contribution is -0.149. The Morgan fingerprint density at radius 2 is 1.82 bits per heavy atom. The Bertz CT molecular complexity index is 1250. The van der Waals surface area contributed by atoms with Gasteiger partial charge in [-0.05, 0) is 31.9 Å². The number of fused-ring (bicyclic) bond motifs is 1. The van der Waals surface area contributed by atoms with Crippen molar-refractivity contribution in [2.45, 2.75) is 39.2 Å². The van der Waals surface area contributed by atoms with Crippen molar-refractivity contribution in [2.24, 2.45) is 0 Å². The molecule has 0 fully saturated rings. The summed E-state index contributed by atoms with van der Waals surface area (Å²) in [5, 5.41) is 10.7. The molecule has 0 aliphatic heterocycles. The minimum Gasteiger partial charge on any atom is -0.504 e. The molecule has 0 radical (unpaired) electrons. The van der Waals surface area contributed by atoms with Crippen molar-refractivity contribution in [3.05, 3.63) is 72.3 Å². The van der Waals surface area contributed by atoms with E-state index in [1.54, 1.807) is 12.1 Å². The second kappa shape index (κ2) is 9.77. The van der Waals surface area contributed by atoms with Gasteiger partial charge in [0.2, 0.25) is 0 Å². The van der Waals surface area contributed by atoms with Crippen LogP contribution in [0.4, 0.5) is 0 Å². The molecule has 0 bridgehead atoms. The number of benzene rings is 3. The molecule has 0 aliphatic carbocycles. The van der Waals surface area contributed by atoms with E-state index < -0.39 is 12.1 Å². The predicted molar refractivity (Wildman–Crippen MR) is 129 cm³/mol. The lowest BCUT2D eigenvalue weighted by Crippen LogP contribution is -2.28. The van der Waals surface area contributed by atoms with Crippen molar-refractivity contribution in [1.82, 2.24) is 9.55 Å². The van der Waals surface area contributed by atoms with Gasteiger partial charge < -0.3 is 14.6 Å². The minimum atomic E-state index is -0.789. The number of carbonyl (C=O) groups is 1. The first-order valence-electron chi connectivity index (χ1n) is 11.1. The smallest absolute Gasteiger partial charge is 0.347 e. The Hall–Kier alpha value is -3.80. The van der Waals surface area contributed by atoms with Gasteiger partial charge in [0.15, 0.2) is 17.6 Å². The molecular formula is C27H28N2O4. The molecule has 0 saturated heterocycles. The molecule has 4 rings (SSSR count). The van der Waals surface area contributed by atoms with Crippen LogP contribution in [0.25, 0.3) is 28.1 Å². The zero-order valence-corrected chi connectivity index (χ0v) is 19.1. The van der Waals surface area contributed by atoms with Crippen LogP contribution in [0.5, 0.6) is 11.5 Å². The zero-order valence-electron chi connectivity index (χ0n) is 19.1. The molecule has 0 aliphatic rings. The van der Waals surface area contributed by atoms with Crippen LogP contribution in [0.3, 0.4) is 0 Å². The first-order valence-corrected chi connectivity index (χ1v) is 11.1. The fourth-order valence-electron chi connectivity index (χ4n) is 3.82. The van der Waals surface area contributed by atoms with E-state index in [-0.39, 0.29) is 11.5 Å². The number of imidazole rings is 1. The molecule has 0 spiro atoms. The molecule has 170 valence electrons. The number of hydrogen-bond donors (Lipinski definition) is 1. The van der Waals surface area contributed by atoms with E-state index in [1.807, 2.05) is 73.0 Å². The van der Waals surface area contributed by atoms with E-state index in [0.717, 1.165) is 41.0 Å². The molecule has 0 amide bonds. The Kier molecular flexibility index (Phi) is 6.63. The summed E-state index contributed by atoms with van der Waals surface area (Å²) in [6.45, 7) is 4.09. The topological polar surface area (TPSA) is 73.6 Å². The number of carbonyl (C=O) groups excluding carboxylic acids is 1. The summed E-state index contributed by atoms with van der Waals surface area (Å²) in [6.07, 6.45) is 1.44. The van der Waals surface area contributed by atoms with Crippen molar-refractivity contribution in [3.8, 4) is 28.6 Å². The highest BCUT2D eigenvalue weighted by Gasteiger charge is 2.24. The molecule has 3 aromatic carbocycles. The fraction of sp³-hybridized carbons (Fsp3) is 0.259. The number of nitrogens with zero attached hydrogens (tertiary/aromatic N) is 2. The van der Waals surface area contributed by atoms with Crippen molar-refractivity contribution in [1.29, 1.82) is 0 Å². The summed E-state index contributed by atoms with van der Waals surface area (Å²) in [6, 6.07) is 21.4. The standard InChI is InChI=1S/C27H28N2O4/c1-4-5-11-24(27(31)32-3)33-25-17-22-21(16-23(25)30)28-26(19-9-7-6-8-10-19)29(22)20-14-12-18(2)13-15-20/h6-10,12-17,24,30H,4-5,11H2,1-3H3. The number of phenolic OH excluding ortho intramolecular Hbond substituents is 1. The Morgan fingerprint density at radius 1 is 1.09 bits per heavy atom. The van der Waals surface area contributed by atoms with Crippen LogP contribution >= 0.6 is 0 Å². The number of rotatable bonds is 8. The molecule has 6 nitrogen and oxygen atoms in total. The summed E-state index contributed by atoms with van der Waals surface area (Å²) >= 11 is 0. The maximum absolute atomic E-state index is 12.3. The highest BCUT2D eigenvalue weighted by atomic mass is 16.6. The van der Waals surface area contributed by atoms with Crippen molar-refractivity contribution >= 4 is 17.0 Å². The second-order valence-electron chi connectivity index (χ2n) is 8.05. The van der Waals surface area contributed by atoms with Crippen LogP contribution in [0, 0.1) is 6.92 Å². The van der Waals surface area contributed by atoms with Crippen LogP contribution in [0.15, 0.2) is 66.7 Å². The Balaban J connectivity index is 1.87. The van der Waals surface area contributed by atoms with Gasteiger partial charge in [-0.3, -0.25) is 4.57 Å². The lowest BCUT2D eigenvalue weighted by Gasteiger charge is -2.18. The molecule has 1 heterocycles. The predicted octanol–water partition coefficient (Wildman–Crippen LogP) is 5.82. The number of esters is 1. The fourth-order valence-corrected chi connectivity index (χ4v) is 3.82. The highest BCUT2D eigenvalue weighted by Crippen LogP contribution is 2.36. The number of ether oxygens (including phenoxy) is 2. The molecule has 0 saturated carbocycles. The van der Waals surface area contributed by atoms with E-state index in [1.165, 1.54) is 7.11 Å². The van der Waals surface area contributed by atoms with E-state index in [2.05, 4.69) is 0 Å². The van der Waals surface area contributed by atoms with Gasteiger partial charge >= 0.3 is 5.97 Å². The van der Waals surface area contributed by atoms with Crippen molar-refractivity contribution in [3.63, 3.8) is 0 Å². The number of aromatic hydroxyl groups is 1. The first-order chi connectivity index (χ1) is 16.0. The number of unbranched alkanes of at least 4 members (excludes halogenated alkanes) is 1. The molecule has 6 heteroatoms. The average Bonchev–Trinajstić information content (AvgIpc) is 3.20. The average molecular weight is 445 g/mol.